The average Bonchev–Trinajstić information content (AvgIpc) is 2.87. The van der Waals surface area contributed by atoms with Crippen LogP contribution in [0.5, 0.6) is 0 Å². The van der Waals surface area contributed by atoms with Crippen molar-refractivity contribution in [2.45, 2.75) is 44.8 Å². The van der Waals surface area contributed by atoms with E-state index >= 15 is 0 Å². The van der Waals surface area contributed by atoms with Crippen LogP contribution in [0.1, 0.15) is 52.2 Å². The summed E-state index contributed by atoms with van der Waals surface area (Å²) in [5, 5.41) is 12.2. The van der Waals surface area contributed by atoms with Crippen molar-refractivity contribution < 1.29 is 19.4 Å². The second kappa shape index (κ2) is 5.03. The molecule has 0 bridgehead atoms. The Bertz CT molecular complexity index is 683. The first-order chi connectivity index (χ1) is 11.0. The summed E-state index contributed by atoms with van der Waals surface area (Å²) in [7, 11) is 0. The number of carbonyl (C=O) groups is 2. The number of aromatic carboxylic acids is 1. The zero-order chi connectivity index (χ0) is 16.2. The Labute approximate surface area is 134 Å². The van der Waals surface area contributed by atoms with Gasteiger partial charge in [0, 0.05) is 24.0 Å². The van der Waals surface area contributed by atoms with Gasteiger partial charge in [-0.25, -0.2) is 9.78 Å². The minimum Gasteiger partial charge on any atom is -0.478 e. The highest BCUT2D eigenvalue weighted by atomic mass is 16.5. The van der Waals surface area contributed by atoms with E-state index in [1.165, 1.54) is 18.6 Å². The zero-order valence-corrected chi connectivity index (χ0v) is 13.0. The topological polar surface area (TPSA) is 88.5 Å². The van der Waals surface area contributed by atoms with E-state index in [0.29, 0.717) is 17.7 Å². The van der Waals surface area contributed by atoms with Crippen molar-refractivity contribution in [3.05, 3.63) is 29.1 Å². The highest BCUT2D eigenvalue weighted by molar-refractivity contribution is 5.94. The fourth-order valence-corrected chi connectivity index (χ4v) is 4.58. The maximum absolute atomic E-state index is 12.5. The van der Waals surface area contributed by atoms with E-state index in [4.69, 9.17) is 9.84 Å². The summed E-state index contributed by atoms with van der Waals surface area (Å²) in [5.74, 6) is -0.828. The molecule has 1 saturated heterocycles. The van der Waals surface area contributed by atoms with Crippen molar-refractivity contribution in [1.29, 1.82) is 0 Å². The van der Waals surface area contributed by atoms with Crippen LogP contribution >= 0.6 is 0 Å². The van der Waals surface area contributed by atoms with Gasteiger partial charge in [0.1, 0.15) is 5.69 Å². The quantitative estimate of drug-likeness (QED) is 0.887. The van der Waals surface area contributed by atoms with Crippen molar-refractivity contribution in [3.8, 4) is 0 Å². The Balaban J connectivity index is 1.52. The average molecular weight is 316 g/mol. The molecule has 1 aromatic rings. The molecule has 1 amide bonds. The molecule has 122 valence electrons. The summed E-state index contributed by atoms with van der Waals surface area (Å²) >= 11 is 0. The number of ether oxygens (including phenoxy) is 1. The second-order valence-corrected chi connectivity index (χ2v) is 6.92. The number of carboxylic acids is 1. The van der Waals surface area contributed by atoms with Crippen molar-refractivity contribution in [2.75, 3.05) is 6.61 Å². The number of pyridine rings is 1. The van der Waals surface area contributed by atoms with Crippen LogP contribution in [0.3, 0.4) is 0 Å². The first kappa shape index (κ1) is 14.6. The second-order valence-electron chi connectivity index (χ2n) is 6.92. The predicted molar refractivity (Wildman–Crippen MR) is 81.3 cm³/mol. The Morgan fingerprint density at radius 3 is 2.78 bits per heavy atom. The molecular weight excluding hydrogens is 296 g/mol. The molecule has 3 aliphatic rings. The minimum atomic E-state index is -1.03. The standard InChI is InChI=1S/C17H20N2O4/c1-9-10(16(21)22)3-4-12(18-9)15(20)19-13-11-5-8-23-14(11)17(13)6-2-7-17/h3-4,11,13-14H,2,5-8H2,1H3,(H,19,20)(H,21,22). The number of amides is 1. The van der Waals surface area contributed by atoms with Gasteiger partial charge in [-0.05, 0) is 38.3 Å². The number of aryl methyl sites for hydroxylation is 1. The summed E-state index contributed by atoms with van der Waals surface area (Å²) in [5.41, 5.74) is 0.904. The van der Waals surface area contributed by atoms with Gasteiger partial charge in [0.15, 0.2) is 0 Å². The number of hydrogen-bond acceptors (Lipinski definition) is 4. The van der Waals surface area contributed by atoms with Crippen LogP contribution in [0.15, 0.2) is 12.1 Å². The van der Waals surface area contributed by atoms with Gasteiger partial charge in [-0.2, -0.15) is 0 Å². The number of hydrogen-bond donors (Lipinski definition) is 2. The highest BCUT2D eigenvalue weighted by Gasteiger charge is 2.66. The first-order valence-corrected chi connectivity index (χ1v) is 8.16. The SMILES string of the molecule is Cc1nc(C(=O)NC2C3CCOC3C23CCC3)ccc1C(=O)O. The molecule has 3 fully saturated rings. The molecule has 1 aromatic heterocycles. The monoisotopic (exact) mass is 316 g/mol. The molecule has 0 aromatic carbocycles. The molecular formula is C17H20N2O4. The van der Waals surface area contributed by atoms with Gasteiger partial charge in [0.2, 0.25) is 0 Å². The van der Waals surface area contributed by atoms with Crippen LogP contribution in [0.4, 0.5) is 0 Å². The summed E-state index contributed by atoms with van der Waals surface area (Å²) in [6, 6.07) is 3.10. The summed E-state index contributed by atoms with van der Waals surface area (Å²) in [6.45, 7) is 2.39. The normalized spacial score (nSPS) is 30.2. The zero-order valence-electron chi connectivity index (χ0n) is 13.0. The van der Waals surface area contributed by atoms with E-state index in [1.54, 1.807) is 6.92 Å². The fourth-order valence-electron chi connectivity index (χ4n) is 4.58. The number of carbonyl (C=O) groups excluding carboxylic acids is 1. The lowest BCUT2D eigenvalue weighted by Gasteiger charge is -2.63. The van der Waals surface area contributed by atoms with Gasteiger partial charge in [-0.1, -0.05) is 6.42 Å². The van der Waals surface area contributed by atoms with Crippen molar-refractivity contribution in [1.82, 2.24) is 10.3 Å². The van der Waals surface area contributed by atoms with E-state index < -0.39 is 5.97 Å². The highest BCUT2D eigenvalue weighted by Crippen LogP contribution is 2.62. The van der Waals surface area contributed by atoms with Gasteiger partial charge >= 0.3 is 5.97 Å². The lowest BCUT2D eigenvalue weighted by molar-refractivity contribution is -0.172. The molecule has 1 spiro atoms. The van der Waals surface area contributed by atoms with Crippen LogP contribution in [-0.2, 0) is 4.74 Å². The molecule has 2 N–H and O–H groups in total. The summed E-state index contributed by atoms with van der Waals surface area (Å²) in [4.78, 5) is 27.7. The number of carboxylic acid groups (broad SMARTS) is 1. The molecule has 2 aliphatic carbocycles. The molecule has 4 rings (SSSR count). The van der Waals surface area contributed by atoms with Crippen LogP contribution in [0.2, 0.25) is 0 Å². The lowest BCUT2D eigenvalue weighted by atomic mass is 9.46. The van der Waals surface area contributed by atoms with Gasteiger partial charge < -0.3 is 15.2 Å². The van der Waals surface area contributed by atoms with Crippen molar-refractivity contribution in [3.63, 3.8) is 0 Å². The van der Waals surface area contributed by atoms with Crippen LogP contribution in [-0.4, -0.2) is 40.7 Å². The van der Waals surface area contributed by atoms with Crippen LogP contribution in [0, 0.1) is 18.3 Å². The smallest absolute Gasteiger partial charge is 0.337 e. The molecule has 23 heavy (non-hydrogen) atoms. The third kappa shape index (κ3) is 2.01. The van der Waals surface area contributed by atoms with E-state index in [1.807, 2.05) is 0 Å². The maximum atomic E-state index is 12.5. The van der Waals surface area contributed by atoms with E-state index in [0.717, 1.165) is 25.9 Å². The molecule has 6 heteroatoms. The first-order valence-electron chi connectivity index (χ1n) is 8.16. The third-order valence-corrected chi connectivity index (χ3v) is 5.87. The van der Waals surface area contributed by atoms with Crippen molar-refractivity contribution in [2.24, 2.45) is 11.3 Å². The number of aromatic nitrogens is 1. The predicted octanol–water partition coefficient (Wildman–Crippen LogP) is 1.78. The Kier molecular flexibility index (Phi) is 3.20. The molecule has 1 aliphatic heterocycles. The van der Waals surface area contributed by atoms with E-state index in [9.17, 15) is 9.59 Å². The molecule has 6 nitrogen and oxygen atoms in total. The maximum Gasteiger partial charge on any atom is 0.337 e. The van der Waals surface area contributed by atoms with Gasteiger partial charge in [-0.3, -0.25) is 4.79 Å². The minimum absolute atomic E-state index is 0.130. The molecule has 0 radical (unpaired) electrons. The van der Waals surface area contributed by atoms with Crippen LogP contribution in [0.25, 0.3) is 0 Å². The Morgan fingerprint density at radius 2 is 2.17 bits per heavy atom. The van der Waals surface area contributed by atoms with Crippen molar-refractivity contribution >= 4 is 11.9 Å². The van der Waals surface area contributed by atoms with E-state index in [-0.39, 0.29) is 28.6 Å². The lowest BCUT2D eigenvalue weighted by Crippen LogP contribution is -2.71. The Morgan fingerprint density at radius 1 is 1.39 bits per heavy atom. The molecule has 2 heterocycles. The number of nitrogens with one attached hydrogen (secondary N) is 1. The molecule has 2 saturated carbocycles. The summed E-state index contributed by atoms with van der Waals surface area (Å²) in [6.07, 6.45) is 4.74. The molecule has 3 atom stereocenters. The fraction of sp³-hybridized carbons (Fsp3) is 0.588. The van der Waals surface area contributed by atoms with E-state index in [2.05, 4.69) is 10.3 Å². The largest absolute Gasteiger partial charge is 0.478 e. The van der Waals surface area contributed by atoms with Gasteiger partial charge in [0.25, 0.3) is 5.91 Å². The Hall–Kier alpha value is -1.95. The number of nitrogens with zero attached hydrogens (tertiary/aromatic N) is 1. The summed E-state index contributed by atoms with van der Waals surface area (Å²) < 4.78 is 5.86. The van der Waals surface area contributed by atoms with Gasteiger partial charge in [-0.15, -0.1) is 0 Å². The third-order valence-electron chi connectivity index (χ3n) is 5.87. The molecule has 3 unspecified atom stereocenters. The number of fused-ring (bicyclic) bond motifs is 2. The number of rotatable bonds is 3. The van der Waals surface area contributed by atoms with Gasteiger partial charge in [0.05, 0.1) is 17.4 Å². The van der Waals surface area contributed by atoms with Crippen LogP contribution < -0.4 is 5.32 Å².